The van der Waals surface area contributed by atoms with Crippen LogP contribution >= 0.6 is 0 Å². The molecule has 2 amide bonds. The average molecular weight is 463 g/mol. The van der Waals surface area contributed by atoms with E-state index in [9.17, 15) is 14.0 Å². The monoisotopic (exact) mass is 462 g/mol. The molecule has 1 N–H and O–H groups in total. The molecule has 2 aliphatic rings. The normalized spacial score (nSPS) is 15.6. The number of ether oxygens (including phenoxy) is 1. The molecule has 5 rings (SSSR count). The van der Waals surface area contributed by atoms with E-state index < -0.39 is 0 Å². The van der Waals surface area contributed by atoms with Crippen molar-refractivity contribution in [2.75, 3.05) is 31.6 Å². The fourth-order valence-electron chi connectivity index (χ4n) is 4.57. The van der Waals surface area contributed by atoms with Gasteiger partial charge in [-0.25, -0.2) is 9.07 Å². The molecule has 1 aliphatic carbocycles. The Morgan fingerprint density at radius 1 is 0.971 bits per heavy atom. The summed E-state index contributed by atoms with van der Waals surface area (Å²) in [6.45, 7) is 2.42. The maximum atomic E-state index is 13.4. The van der Waals surface area contributed by atoms with Gasteiger partial charge in [-0.05, 0) is 67.6 Å². The van der Waals surface area contributed by atoms with Gasteiger partial charge in [-0.15, -0.1) is 0 Å². The van der Waals surface area contributed by atoms with Crippen LogP contribution in [0.5, 0.6) is 0 Å². The van der Waals surface area contributed by atoms with E-state index >= 15 is 0 Å². The van der Waals surface area contributed by atoms with Gasteiger partial charge in [-0.1, -0.05) is 12.1 Å². The van der Waals surface area contributed by atoms with Crippen molar-refractivity contribution in [3.8, 4) is 5.69 Å². The predicted molar refractivity (Wildman–Crippen MR) is 126 cm³/mol. The number of fused-ring (bicyclic) bond motifs is 1. The topological polar surface area (TPSA) is 76.5 Å². The number of nitrogens with one attached hydrogen (secondary N) is 1. The standard InChI is InChI=1S/C26H27FN4O3/c27-19-7-11-21(12-8-19)31-23-4-2-1-3-22(23)25(29-31)26(33)28-20-9-5-18(6-10-20)17-24(32)30-13-15-34-16-14-30/h5-12H,1-4,13-17H2,(H,28,33). The van der Waals surface area contributed by atoms with Crippen LogP contribution in [-0.2, 0) is 28.8 Å². The van der Waals surface area contributed by atoms with Gasteiger partial charge in [0.1, 0.15) is 5.82 Å². The molecule has 0 bridgehead atoms. The third-order valence-electron chi connectivity index (χ3n) is 6.40. The number of rotatable bonds is 5. The van der Waals surface area contributed by atoms with Crippen LogP contribution in [0, 0.1) is 5.82 Å². The Morgan fingerprint density at radius 3 is 2.41 bits per heavy atom. The molecule has 1 saturated heterocycles. The molecule has 1 fully saturated rings. The molecule has 3 aromatic rings. The van der Waals surface area contributed by atoms with E-state index in [0.29, 0.717) is 44.1 Å². The fraction of sp³-hybridized carbons (Fsp3) is 0.346. The Bertz CT molecular complexity index is 1180. The van der Waals surface area contributed by atoms with Gasteiger partial charge in [-0.3, -0.25) is 9.59 Å². The lowest BCUT2D eigenvalue weighted by molar-refractivity contribution is -0.134. The molecular formula is C26H27FN4O3. The Balaban J connectivity index is 1.30. The second-order valence-corrected chi connectivity index (χ2v) is 8.69. The summed E-state index contributed by atoms with van der Waals surface area (Å²) < 4.78 is 20.5. The van der Waals surface area contributed by atoms with Gasteiger partial charge < -0.3 is 15.0 Å². The zero-order valence-corrected chi connectivity index (χ0v) is 18.9. The number of anilines is 1. The Labute approximate surface area is 197 Å². The van der Waals surface area contributed by atoms with E-state index in [2.05, 4.69) is 10.4 Å². The molecule has 0 saturated carbocycles. The Hall–Kier alpha value is -3.52. The summed E-state index contributed by atoms with van der Waals surface area (Å²) in [6.07, 6.45) is 3.99. The zero-order chi connectivity index (χ0) is 23.5. The minimum absolute atomic E-state index is 0.0815. The summed E-state index contributed by atoms with van der Waals surface area (Å²) in [6, 6.07) is 13.5. The molecule has 2 aromatic carbocycles. The van der Waals surface area contributed by atoms with Crippen LogP contribution in [-0.4, -0.2) is 52.8 Å². The van der Waals surface area contributed by atoms with Crippen molar-refractivity contribution in [2.45, 2.75) is 32.1 Å². The van der Waals surface area contributed by atoms with Crippen molar-refractivity contribution in [3.05, 3.63) is 76.9 Å². The van der Waals surface area contributed by atoms with E-state index in [4.69, 9.17) is 4.74 Å². The number of halogens is 1. The number of aromatic nitrogens is 2. The lowest BCUT2D eigenvalue weighted by Crippen LogP contribution is -2.41. The third-order valence-corrected chi connectivity index (χ3v) is 6.40. The molecule has 8 heteroatoms. The number of hydrogen-bond donors (Lipinski definition) is 1. The summed E-state index contributed by atoms with van der Waals surface area (Å²) >= 11 is 0. The second-order valence-electron chi connectivity index (χ2n) is 8.69. The first-order valence-electron chi connectivity index (χ1n) is 11.7. The van der Waals surface area contributed by atoms with Crippen LogP contribution in [0.2, 0.25) is 0 Å². The highest BCUT2D eigenvalue weighted by Crippen LogP contribution is 2.28. The summed E-state index contributed by atoms with van der Waals surface area (Å²) in [5, 5.41) is 7.56. The summed E-state index contributed by atoms with van der Waals surface area (Å²) in [5.74, 6) is -0.493. The Kier molecular flexibility index (Phi) is 6.40. The molecule has 0 radical (unpaired) electrons. The maximum Gasteiger partial charge on any atom is 0.276 e. The predicted octanol–water partition coefficient (Wildman–Crippen LogP) is 3.54. The average Bonchev–Trinajstić information content (AvgIpc) is 3.26. The zero-order valence-electron chi connectivity index (χ0n) is 18.9. The molecule has 176 valence electrons. The molecule has 1 aromatic heterocycles. The lowest BCUT2D eigenvalue weighted by atomic mass is 9.95. The smallest absolute Gasteiger partial charge is 0.276 e. The number of morpholine rings is 1. The molecular weight excluding hydrogens is 435 g/mol. The molecule has 7 nitrogen and oxygen atoms in total. The lowest BCUT2D eigenvalue weighted by Gasteiger charge is -2.26. The van der Waals surface area contributed by atoms with Gasteiger partial charge in [0.05, 0.1) is 25.3 Å². The maximum absolute atomic E-state index is 13.4. The number of benzene rings is 2. The summed E-state index contributed by atoms with van der Waals surface area (Å²) in [7, 11) is 0. The van der Waals surface area contributed by atoms with Crippen LogP contribution in [0.4, 0.5) is 10.1 Å². The van der Waals surface area contributed by atoms with Crippen LogP contribution in [0.3, 0.4) is 0 Å². The number of carbonyl (C=O) groups excluding carboxylic acids is 2. The Morgan fingerprint density at radius 2 is 1.68 bits per heavy atom. The van der Waals surface area contributed by atoms with Gasteiger partial charge in [-0.2, -0.15) is 5.10 Å². The van der Waals surface area contributed by atoms with E-state index in [-0.39, 0.29) is 17.6 Å². The molecule has 0 atom stereocenters. The van der Waals surface area contributed by atoms with Gasteiger partial charge in [0.25, 0.3) is 5.91 Å². The SMILES string of the molecule is O=C(Nc1ccc(CC(=O)N2CCOCC2)cc1)c1nn(-c2ccc(F)cc2)c2c1CCCC2. The van der Waals surface area contributed by atoms with E-state index in [1.807, 2.05) is 29.2 Å². The van der Waals surface area contributed by atoms with Crippen LogP contribution in [0.1, 0.15) is 40.2 Å². The fourth-order valence-corrected chi connectivity index (χ4v) is 4.57. The summed E-state index contributed by atoms with van der Waals surface area (Å²) in [4.78, 5) is 27.4. The molecule has 0 spiro atoms. The van der Waals surface area contributed by atoms with Crippen LogP contribution in [0.25, 0.3) is 5.69 Å². The highest BCUT2D eigenvalue weighted by Gasteiger charge is 2.26. The first-order chi connectivity index (χ1) is 16.6. The quantitative estimate of drug-likeness (QED) is 0.629. The van der Waals surface area contributed by atoms with Gasteiger partial charge in [0.2, 0.25) is 5.91 Å². The number of hydrogen-bond acceptors (Lipinski definition) is 4. The van der Waals surface area contributed by atoms with Crippen molar-refractivity contribution >= 4 is 17.5 Å². The molecule has 34 heavy (non-hydrogen) atoms. The van der Waals surface area contributed by atoms with Crippen molar-refractivity contribution in [2.24, 2.45) is 0 Å². The van der Waals surface area contributed by atoms with E-state index in [1.165, 1.54) is 12.1 Å². The molecule has 1 aliphatic heterocycles. The first-order valence-corrected chi connectivity index (χ1v) is 11.7. The number of amides is 2. The molecule has 0 unspecified atom stereocenters. The van der Waals surface area contributed by atoms with Crippen molar-refractivity contribution in [3.63, 3.8) is 0 Å². The van der Waals surface area contributed by atoms with Crippen LogP contribution in [0.15, 0.2) is 48.5 Å². The first kappa shape index (κ1) is 22.3. The minimum atomic E-state index is -0.308. The van der Waals surface area contributed by atoms with Crippen LogP contribution < -0.4 is 5.32 Å². The third kappa shape index (κ3) is 4.72. The number of carbonyl (C=O) groups is 2. The van der Waals surface area contributed by atoms with Crippen molar-refractivity contribution in [1.82, 2.24) is 14.7 Å². The van der Waals surface area contributed by atoms with E-state index in [1.54, 1.807) is 16.8 Å². The highest BCUT2D eigenvalue weighted by atomic mass is 19.1. The van der Waals surface area contributed by atoms with Gasteiger partial charge >= 0.3 is 0 Å². The van der Waals surface area contributed by atoms with Crippen molar-refractivity contribution < 1.29 is 18.7 Å². The number of nitrogens with zero attached hydrogens (tertiary/aromatic N) is 3. The molecule has 2 heterocycles. The van der Waals surface area contributed by atoms with Gasteiger partial charge in [0, 0.05) is 30.0 Å². The highest BCUT2D eigenvalue weighted by molar-refractivity contribution is 6.04. The largest absolute Gasteiger partial charge is 0.378 e. The summed E-state index contributed by atoms with van der Waals surface area (Å²) in [5.41, 5.74) is 4.67. The minimum Gasteiger partial charge on any atom is -0.378 e. The van der Waals surface area contributed by atoms with E-state index in [0.717, 1.165) is 48.2 Å². The van der Waals surface area contributed by atoms with Gasteiger partial charge in [0.15, 0.2) is 5.69 Å². The van der Waals surface area contributed by atoms with Crippen molar-refractivity contribution in [1.29, 1.82) is 0 Å². The second kappa shape index (κ2) is 9.77.